The van der Waals surface area contributed by atoms with Crippen molar-refractivity contribution in [1.82, 2.24) is 0 Å². The number of hydrogen-bond donors (Lipinski definition) is 2. The zero-order chi connectivity index (χ0) is 14.9. The monoisotopic (exact) mass is 294 g/mol. The highest BCUT2D eigenvalue weighted by molar-refractivity contribution is 7.92. The molecule has 0 fully saturated rings. The molecule has 0 saturated heterocycles. The van der Waals surface area contributed by atoms with Crippen molar-refractivity contribution < 1.29 is 12.8 Å². The lowest BCUT2D eigenvalue weighted by molar-refractivity contribution is 0.601. The van der Waals surface area contributed by atoms with Crippen molar-refractivity contribution in [1.29, 1.82) is 0 Å². The Morgan fingerprint density at radius 2 is 1.80 bits per heavy atom. The molecule has 0 amide bonds. The summed E-state index contributed by atoms with van der Waals surface area (Å²) in [5.41, 5.74) is 7.35. The third kappa shape index (κ3) is 2.91. The highest BCUT2D eigenvalue weighted by Crippen LogP contribution is 2.23. The molecule has 3 N–H and O–H groups in total. The predicted octanol–water partition coefficient (Wildman–Crippen LogP) is 2.83. The number of nitrogens with one attached hydrogen (secondary N) is 1. The highest BCUT2D eigenvalue weighted by atomic mass is 32.2. The quantitative estimate of drug-likeness (QED) is 0.855. The molecule has 6 heteroatoms. The van der Waals surface area contributed by atoms with Crippen LogP contribution in [0.5, 0.6) is 0 Å². The van der Waals surface area contributed by atoms with Gasteiger partial charge >= 0.3 is 0 Å². The first-order chi connectivity index (χ1) is 9.29. The maximum Gasteiger partial charge on any atom is 0.263 e. The molecular formula is C14H15FN2O2S. The maximum absolute atomic E-state index is 13.4. The third-order valence-electron chi connectivity index (χ3n) is 2.88. The molecule has 0 heterocycles. The molecule has 0 spiro atoms. The van der Waals surface area contributed by atoms with Crippen LogP contribution in [0.4, 0.5) is 15.8 Å². The second kappa shape index (κ2) is 5.13. The standard InChI is InChI=1S/C14H15FN2O2S/c1-9-3-6-14(13(16)7-9)20(18,19)17-11-5-4-10(2)12(15)8-11/h3-8,17H,16H2,1-2H3. The average Bonchev–Trinajstić information content (AvgIpc) is 2.33. The van der Waals surface area contributed by atoms with Crippen molar-refractivity contribution in [2.75, 3.05) is 10.5 Å². The molecule has 106 valence electrons. The lowest BCUT2D eigenvalue weighted by atomic mass is 10.2. The summed E-state index contributed by atoms with van der Waals surface area (Å²) in [6.45, 7) is 3.42. The fraction of sp³-hybridized carbons (Fsp3) is 0.143. The second-order valence-corrected chi connectivity index (χ2v) is 6.26. The number of sulfonamides is 1. The van der Waals surface area contributed by atoms with Crippen LogP contribution in [0.3, 0.4) is 0 Å². The molecule has 0 aliphatic heterocycles. The van der Waals surface area contributed by atoms with Crippen molar-refractivity contribution in [3.63, 3.8) is 0 Å². The molecule has 0 bridgehead atoms. The number of rotatable bonds is 3. The zero-order valence-corrected chi connectivity index (χ0v) is 12.0. The summed E-state index contributed by atoms with van der Waals surface area (Å²) in [5, 5.41) is 0. The van der Waals surface area contributed by atoms with Crippen LogP contribution < -0.4 is 10.5 Å². The van der Waals surface area contributed by atoms with Gasteiger partial charge in [0.2, 0.25) is 0 Å². The number of nitrogen functional groups attached to an aromatic ring is 1. The summed E-state index contributed by atoms with van der Waals surface area (Å²) in [7, 11) is -3.83. The van der Waals surface area contributed by atoms with E-state index < -0.39 is 15.8 Å². The Morgan fingerprint density at radius 3 is 2.40 bits per heavy atom. The van der Waals surface area contributed by atoms with Crippen LogP contribution in [0, 0.1) is 19.7 Å². The van der Waals surface area contributed by atoms with Gasteiger partial charge in [0.1, 0.15) is 10.7 Å². The van der Waals surface area contributed by atoms with Gasteiger partial charge in [-0.1, -0.05) is 12.1 Å². The second-order valence-electron chi connectivity index (χ2n) is 4.61. The minimum absolute atomic E-state index is 0.0240. The Bertz CT molecular complexity index is 758. The number of anilines is 2. The Labute approximate surface area is 117 Å². The molecule has 2 aromatic rings. The van der Waals surface area contributed by atoms with Crippen LogP contribution in [-0.2, 0) is 10.0 Å². The smallest absolute Gasteiger partial charge is 0.263 e. The third-order valence-corrected chi connectivity index (χ3v) is 4.33. The normalized spacial score (nSPS) is 11.3. The van der Waals surface area contributed by atoms with E-state index in [9.17, 15) is 12.8 Å². The minimum atomic E-state index is -3.83. The van der Waals surface area contributed by atoms with E-state index in [2.05, 4.69) is 4.72 Å². The largest absolute Gasteiger partial charge is 0.398 e. The molecule has 0 aromatic heterocycles. The van der Waals surface area contributed by atoms with E-state index in [1.54, 1.807) is 19.1 Å². The SMILES string of the molecule is Cc1ccc(S(=O)(=O)Nc2ccc(C)c(F)c2)c(N)c1. The van der Waals surface area contributed by atoms with E-state index in [0.29, 0.717) is 5.56 Å². The number of aryl methyl sites for hydroxylation is 2. The van der Waals surface area contributed by atoms with Gasteiger partial charge in [0.05, 0.1) is 11.4 Å². The van der Waals surface area contributed by atoms with Crippen molar-refractivity contribution in [2.45, 2.75) is 18.7 Å². The Balaban J connectivity index is 2.38. The number of nitrogens with two attached hydrogens (primary N) is 1. The van der Waals surface area contributed by atoms with E-state index >= 15 is 0 Å². The van der Waals surface area contributed by atoms with Gasteiger partial charge in [-0.3, -0.25) is 4.72 Å². The first-order valence-corrected chi connectivity index (χ1v) is 7.43. The van der Waals surface area contributed by atoms with Crippen LogP contribution in [0.15, 0.2) is 41.3 Å². The van der Waals surface area contributed by atoms with Crippen LogP contribution in [0.25, 0.3) is 0 Å². The van der Waals surface area contributed by atoms with Gasteiger partial charge < -0.3 is 5.73 Å². The summed E-state index contributed by atoms with van der Waals surface area (Å²) in [6.07, 6.45) is 0. The molecule has 20 heavy (non-hydrogen) atoms. The first-order valence-electron chi connectivity index (χ1n) is 5.95. The molecule has 4 nitrogen and oxygen atoms in total. The van der Waals surface area contributed by atoms with E-state index in [4.69, 9.17) is 5.73 Å². The van der Waals surface area contributed by atoms with Gasteiger partial charge in [0.25, 0.3) is 10.0 Å². The summed E-state index contributed by atoms with van der Waals surface area (Å²) in [4.78, 5) is -0.0240. The summed E-state index contributed by atoms with van der Waals surface area (Å²) in [5.74, 6) is -0.470. The van der Waals surface area contributed by atoms with E-state index in [1.165, 1.54) is 18.2 Å². The lowest BCUT2D eigenvalue weighted by Crippen LogP contribution is -2.15. The number of halogens is 1. The van der Waals surface area contributed by atoms with Gasteiger partial charge in [-0.2, -0.15) is 0 Å². The van der Waals surface area contributed by atoms with Crippen LogP contribution in [0.1, 0.15) is 11.1 Å². The van der Waals surface area contributed by atoms with E-state index in [1.807, 2.05) is 6.92 Å². The van der Waals surface area contributed by atoms with Gasteiger partial charge in [0.15, 0.2) is 0 Å². The fourth-order valence-corrected chi connectivity index (χ4v) is 2.94. The van der Waals surface area contributed by atoms with Crippen molar-refractivity contribution >= 4 is 21.4 Å². The Kier molecular flexibility index (Phi) is 3.67. The summed E-state index contributed by atoms with van der Waals surface area (Å²) < 4.78 is 40.2. The molecule has 0 unspecified atom stereocenters. The number of benzene rings is 2. The van der Waals surface area contributed by atoms with Crippen molar-refractivity contribution in [3.8, 4) is 0 Å². The van der Waals surface area contributed by atoms with E-state index in [-0.39, 0.29) is 16.3 Å². The first kappa shape index (κ1) is 14.3. The van der Waals surface area contributed by atoms with Crippen molar-refractivity contribution in [2.24, 2.45) is 0 Å². The highest BCUT2D eigenvalue weighted by Gasteiger charge is 2.17. The molecular weight excluding hydrogens is 279 g/mol. The van der Waals surface area contributed by atoms with Gasteiger partial charge in [0, 0.05) is 0 Å². The predicted molar refractivity (Wildman–Crippen MR) is 77.5 cm³/mol. The fourth-order valence-electron chi connectivity index (χ4n) is 1.78. The summed E-state index contributed by atoms with van der Waals surface area (Å²) in [6, 6.07) is 8.80. The van der Waals surface area contributed by atoms with E-state index in [0.717, 1.165) is 11.6 Å². The average molecular weight is 294 g/mol. The van der Waals surface area contributed by atoms with Crippen molar-refractivity contribution in [3.05, 3.63) is 53.3 Å². The summed E-state index contributed by atoms with van der Waals surface area (Å²) >= 11 is 0. The Morgan fingerprint density at radius 1 is 1.10 bits per heavy atom. The number of hydrogen-bond acceptors (Lipinski definition) is 3. The lowest BCUT2D eigenvalue weighted by Gasteiger charge is -2.11. The molecule has 0 aliphatic rings. The van der Waals surface area contributed by atoms with Gasteiger partial charge in [-0.25, -0.2) is 12.8 Å². The van der Waals surface area contributed by atoms with Crippen LogP contribution in [-0.4, -0.2) is 8.42 Å². The van der Waals surface area contributed by atoms with Gasteiger partial charge in [-0.05, 0) is 49.2 Å². The molecule has 0 saturated carbocycles. The topological polar surface area (TPSA) is 72.2 Å². The maximum atomic E-state index is 13.4. The molecule has 0 radical (unpaired) electrons. The Hall–Kier alpha value is -2.08. The molecule has 2 rings (SSSR count). The van der Waals surface area contributed by atoms with Crippen LogP contribution in [0.2, 0.25) is 0 Å². The minimum Gasteiger partial charge on any atom is -0.398 e. The van der Waals surface area contributed by atoms with Crippen LogP contribution >= 0.6 is 0 Å². The molecule has 0 atom stereocenters. The van der Waals surface area contributed by atoms with Gasteiger partial charge in [-0.15, -0.1) is 0 Å². The molecule has 0 aliphatic carbocycles. The zero-order valence-electron chi connectivity index (χ0n) is 11.1. The molecule has 2 aromatic carbocycles.